The third-order valence-electron chi connectivity index (χ3n) is 9.84. The fraction of sp³-hybridized carbons (Fsp3) is 0.0698. The molecule has 3 aliphatic rings. The number of benzene rings is 6. The summed E-state index contributed by atoms with van der Waals surface area (Å²) >= 11 is 2.49. The fourth-order valence-corrected chi connectivity index (χ4v) is 8.29. The highest BCUT2D eigenvalue weighted by Crippen LogP contribution is 2.54. The van der Waals surface area contributed by atoms with Crippen molar-refractivity contribution in [1.29, 1.82) is 0 Å². The summed E-state index contributed by atoms with van der Waals surface area (Å²) in [6.07, 6.45) is 8.93. The van der Waals surface area contributed by atoms with Gasteiger partial charge < -0.3 is 9.80 Å². The van der Waals surface area contributed by atoms with Gasteiger partial charge in [-0.2, -0.15) is 0 Å². The van der Waals surface area contributed by atoms with Crippen molar-refractivity contribution in [2.45, 2.75) is 19.3 Å². The molecule has 0 bridgehead atoms. The lowest BCUT2D eigenvalue weighted by atomic mass is 9.74. The molecule has 0 atom stereocenters. The van der Waals surface area contributed by atoms with E-state index in [1.807, 2.05) is 0 Å². The topological polar surface area (TPSA) is 9.72 Å². The average molecular weight is 718 g/mol. The molecule has 3 aliphatic heterocycles. The summed E-state index contributed by atoms with van der Waals surface area (Å²) in [4.78, 5) is 4.84. The lowest BCUT2D eigenvalue weighted by Gasteiger charge is -2.41. The van der Waals surface area contributed by atoms with Crippen LogP contribution in [-0.4, -0.2) is 0 Å². The third kappa shape index (κ3) is 4.39. The molecule has 6 aromatic carbocycles. The highest BCUT2D eigenvalue weighted by atomic mass is 127. The van der Waals surface area contributed by atoms with E-state index in [2.05, 4.69) is 207 Å². The van der Waals surface area contributed by atoms with Crippen molar-refractivity contribution in [2.75, 3.05) is 12.9 Å². The van der Waals surface area contributed by atoms with E-state index in [0.29, 0.717) is 0 Å². The van der Waals surface area contributed by atoms with Gasteiger partial charge in [0.1, 0.15) is 0 Å². The summed E-state index contributed by atoms with van der Waals surface area (Å²) in [6.45, 7) is 4.75. The first-order valence-corrected chi connectivity index (χ1v) is 17.0. The molecular formula is C43H32IN3. The standard InChI is InChI=1S/C43H32IN3/c1-43(2)35-27-33(45-37-15-7-3-11-29(37)19-20-30-12-4-8-16-38(30)45)23-25-41(35)47(44)42-26-24-34(28-36(42)43)46-39-17-9-5-13-31(39)21-22-32-14-6-10-18-40(32)46/h3-28H,1-2H3. The monoisotopic (exact) mass is 717 g/mol. The van der Waals surface area contributed by atoms with Crippen LogP contribution in [0.25, 0.3) is 24.3 Å². The second-order valence-electron chi connectivity index (χ2n) is 12.9. The van der Waals surface area contributed by atoms with Crippen molar-refractivity contribution in [1.82, 2.24) is 0 Å². The van der Waals surface area contributed by atoms with Crippen molar-refractivity contribution >= 4 is 92.7 Å². The van der Waals surface area contributed by atoms with E-state index >= 15 is 0 Å². The number of para-hydroxylation sites is 4. The Kier molecular flexibility index (Phi) is 6.44. The van der Waals surface area contributed by atoms with Crippen molar-refractivity contribution < 1.29 is 0 Å². The zero-order valence-electron chi connectivity index (χ0n) is 26.2. The minimum absolute atomic E-state index is 0.259. The largest absolute Gasteiger partial charge is 0.309 e. The Morgan fingerprint density at radius 2 is 0.723 bits per heavy atom. The minimum Gasteiger partial charge on any atom is -0.309 e. The van der Waals surface area contributed by atoms with Crippen LogP contribution in [0, 0.1) is 0 Å². The van der Waals surface area contributed by atoms with E-state index in [9.17, 15) is 0 Å². The molecule has 0 amide bonds. The summed E-state index contributed by atoms with van der Waals surface area (Å²) in [5, 5.41) is 0. The van der Waals surface area contributed by atoms with Crippen LogP contribution >= 0.6 is 22.9 Å². The molecule has 0 saturated heterocycles. The minimum atomic E-state index is -0.259. The molecule has 0 aliphatic carbocycles. The van der Waals surface area contributed by atoms with E-state index in [1.54, 1.807) is 0 Å². The summed E-state index contributed by atoms with van der Waals surface area (Å²) in [7, 11) is 0. The van der Waals surface area contributed by atoms with Gasteiger partial charge in [0.2, 0.25) is 0 Å². The number of anilines is 8. The lowest BCUT2D eigenvalue weighted by molar-refractivity contribution is 0.636. The van der Waals surface area contributed by atoms with Crippen LogP contribution in [0.1, 0.15) is 47.2 Å². The molecule has 47 heavy (non-hydrogen) atoms. The first-order chi connectivity index (χ1) is 23.0. The van der Waals surface area contributed by atoms with Crippen LogP contribution in [0.3, 0.4) is 0 Å². The molecule has 9 rings (SSSR count). The molecule has 0 aromatic heterocycles. The van der Waals surface area contributed by atoms with Crippen LogP contribution < -0.4 is 12.9 Å². The number of halogens is 1. The van der Waals surface area contributed by atoms with Crippen molar-refractivity contribution in [3.8, 4) is 0 Å². The fourth-order valence-electron chi connectivity index (χ4n) is 7.45. The molecule has 0 N–H and O–H groups in total. The number of nitrogens with zero attached hydrogens (tertiary/aromatic N) is 3. The van der Waals surface area contributed by atoms with Gasteiger partial charge in [0.15, 0.2) is 0 Å². The predicted octanol–water partition coefficient (Wildman–Crippen LogP) is 12.7. The normalized spacial score (nSPS) is 15.0. The highest BCUT2D eigenvalue weighted by molar-refractivity contribution is 14.1. The van der Waals surface area contributed by atoms with Gasteiger partial charge in [-0.3, -0.25) is 3.11 Å². The number of hydrogen-bond donors (Lipinski definition) is 0. The third-order valence-corrected chi connectivity index (χ3v) is 10.9. The van der Waals surface area contributed by atoms with E-state index < -0.39 is 0 Å². The van der Waals surface area contributed by atoms with Crippen molar-refractivity contribution in [2.24, 2.45) is 0 Å². The Labute approximate surface area is 290 Å². The van der Waals surface area contributed by atoms with Crippen LogP contribution in [0.5, 0.6) is 0 Å². The van der Waals surface area contributed by atoms with E-state index in [4.69, 9.17) is 0 Å². The second-order valence-corrected chi connectivity index (χ2v) is 13.8. The molecule has 0 fully saturated rings. The SMILES string of the molecule is CC1(C)c2cc(N3c4ccccc4C=Cc4ccccc43)ccc2N(I)c2ccc(N3c4ccccc4C=Cc4ccccc43)cc21. The van der Waals surface area contributed by atoms with Gasteiger partial charge in [-0.15, -0.1) is 0 Å². The summed E-state index contributed by atoms with van der Waals surface area (Å²) in [6, 6.07) is 48.7. The van der Waals surface area contributed by atoms with Gasteiger partial charge in [0.25, 0.3) is 0 Å². The zero-order chi connectivity index (χ0) is 31.7. The molecule has 3 heterocycles. The van der Waals surface area contributed by atoms with Crippen LogP contribution in [-0.2, 0) is 5.41 Å². The number of rotatable bonds is 2. The summed E-state index contributed by atoms with van der Waals surface area (Å²) in [5.41, 5.74) is 16.7. The Morgan fingerprint density at radius 3 is 1.06 bits per heavy atom. The molecule has 0 radical (unpaired) electrons. The molecule has 4 heteroatoms. The van der Waals surface area contributed by atoms with Gasteiger partial charge in [-0.25, -0.2) is 0 Å². The number of fused-ring (bicyclic) bond motifs is 6. The molecule has 6 aromatic rings. The zero-order valence-corrected chi connectivity index (χ0v) is 28.4. The molecule has 3 nitrogen and oxygen atoms in total. The maximum Gasteiger partial charge on any atom is 0.0646 e. The van der Waals surface area contributed by atoms with Crippen molar-refractivity contribution in [3.63, 3.8) is 0 Å². The van der Waals surface area contributed by atoms with E-state index in [1.165, 1.54) is 67.5 Å². The molecule has 226 valence electrons. The van der Waals surface area contributed by atoms with Crippen LogP contribution in [0.4, 0.5) is 45.5 Å². The van der Waals surface area contributed by atoms with Gasteiger partial charge in [0, 0.05) is 16.8 Å². The molecule has 0 spiro atoms. The van der Waals surface area contributed by atoms with Gasteiger partial charge in [-0.05, 0) is 94.0 Å². The van der Waals surface area contributed by atoms with Gasteiger partial charge >= 0.3 is 0 Å². The predicted molar refractivity (Wildman–Crippen MR) is 208 cm³/mol. The summed E-state index contributed by atoms with van der Waals surface area (Å²) < 4.78 is 2.33. The Morgan fingerprint density at radius 1 is 0.404 bits per heavy atom. The Bertz CT molecular complexity index is 2020. The molecular weight excluding hydrogens is 685 g/mol. The lowest BCUT2D eigenvalue weighted by Crippen LogP contribution is -2.29. The van der Waals surface area contributed by atoms with Gasteiger partial charge in [-0.1, -0.05) is 111 Å². The van der Waals surface area contributed by atoms with Crippen LogP contribution in [0.2, 0.25) is 0 Å². The van der Waals surface area contributed by atoms with E-state index in [0.717, 1.165) is 11.4 Å². The average Bonchev–Trinajstić information content (AvgIpc) is 3.39. The quantitative estimate of drug-likeness (QED) is 0.130. The maximum absolute atomic E-state index is 2.49. The smallest absolute Gasteiger partial charge is 0.0646 e. The van der Waals surface area contributed by atoms with Crippen LogP contribution in [0.15, 0.2) is 133 Å². The maximum atomic E-state index is 2.49. The summed E-state index contributed by atoms with van der Waals surface area (Å²) in [5.74, 6) is 0. The number of hydrogen-bond acceptors (Lipinski definition) is 3. The van der Waals surface area contributed by atoms with Crippen molar-refractivity contribution in [3.05, 3.63) is 167 Å². The Hall–Kier alpha value is -5.07. The first kappa shape index (κ1) is 28.2. The second kappa shape index (κ2) is 10.7. The van der Waals surface area contributed by atoms with E-state index in [-0.39, 0.29) is 5.41 Å². The molecule has 0 saturated carbocycles. The van der Waals surface area contributed by atoms with Gasteiger partial charge in [0.05, 0.1) is 57.0 Å². The highest BCUT2D eigenvalue weighted by Gasteiger charge is 2.37. The first-order valence-electron chi connectivity index (χ1n) is 16.1. The Balaban J connectivity index is 1.21. The molecule has 0 unspecified atom stereocenters.